The number of pyridine rings is 1. The third kappa shape index (κ3) is 5.70. The van der Waals surface area contributed by atoms with Crippen molar-refractivity contribution in [3.05, 3.63) is 95.6 Å². The lowest BCUT2D eigenvalue weighted by atomic mass is 9.73. The maximum Gasteiger partial charge on any atom is 0.226 e. The number of aromatic nitrogens is 1. The SMILES string of the molecule is COc1cc2cc(N3CCC(Cc4ccccc4)(C(=O)NCc4ccccc4)CC3)nc(N(C)C)c2cc1C. The fraction of sp³-hybridized carbons (Fsp3) is 0.333. The van der Waals surface area contributed by atoms with E-state index in [0.29, 0.717) is 6.54 Å². The van der Waals surface area contributed by atoms with Crippen molar-refractivity contribution in [2.24, 2.45) is 5.41 Å². The summed E-state index contributed by atoms with van der Waals surface area (Å²) in [5.41, 5.74) is 2.93. The molecule has 39 heavy (non-hydrogen) atoms. The van der Waals surface area contributed by atoms with Crippen LogP contribution < -0.4 is 19.9 Å². The number of anilines is 2. The van der Waals surface area contributed by atoms with Crippen LogP contribution in [0.1, 0.15) is 29.5 Å². The Morgan fingerprint density at radius 2 is 1.62 bits per heavy atom. The number of amides is 1. The van der Waals surface area contributed by atoms with Crippen LogP contribution >= 0.6 is 0 Å². The van der Waals surface area contributed by atoms with Gasteiger partial charge in [0.1, 0.15) is 17.4 Å². The van der Waals surface area contributed by atoms with E-state index in [0.717, 1.165) is 71.6 Å². The molecule has 1 aromatic heterocycles. The highest BCUT2D eigenvalue weighted by Crippen LogP contribution is 2.39. The van der Waals surface area contributed by atoms with Crippen LogP contribution in [0.2, 0.25) is 0 Å². The predicted octanol–water partition coefficient (Wildman–Crippen LogP) is 5.76. The summed E-state index contributed by atoms with van der Waals surface area (Å²) in [5.74, 6) is 2.89. The molecule has 3 aromatic carbocycles. The average Bonchev–Trinajstić information content (AvgIpc) is 2.96. The number of hydrogen-bond acceptors (Lipinski definition) is 5. The standard InChI is InChI=1S/C33H38N4O2/c1-24-19-28-27(20-29(24)39-4)21-30(35-31(28)36(2)3)37-17-15-33(16-18-37,22-25-11-7-5-8-12-25)32(38)34-23-26-13-9-6-10-14-26/h5-14,19-21H,15-18,22-23H2,1-4H3,(H,34,38). The van der Waals surface area contributed by atoms with Gasteiger partial charge in [0.15, 0.2) is 0 Å². The Morgan fingerprint density at radius 1 is 0.974 bits per heavy atom. The first kappa shape index (κ1) is 26.5. The molecule has 0 saturated carbocycles. The Kier molecular flexibility index (Phi) is 7.73. The molecule has 2 heterocycles. The van der Waals surface area contributed by atoms with Gasteiger partial charge in [-0.3, -0.25) is 4.79 Å². The summed E-state index contributed by atoms with van der Waals surface area (Å²) in [6, 6.07) is 26.9. The number of aryl methyl sites for hydroxylation is 1. The Bertz CT molecular complexity index is 1430. The van der Waals surface area contributed by atoms with Crippen LogP contribution in [-0.2, 0) is 17.8 Å². The van der Waals surface area contributed by atoms with Gasteiger partial charge in [-0.1, -0.05) is 60.7 Å². The maximum atomic E-state index is 13.8. The normalized spacial score (nSPS) is 14.7. The molecule has 0 bridgehead atoms. The molecule has 0 radical (unpaired) electrons. The molecule has 1 saturated heterocycles. The van der Waals surface area contributed by atoms with Gasteiger partial charge in [0.25, 0.3) is 0 Å². The Morgan fingerprint density at radius 3 is 2.23 bits per heavy atom. The molecule has 6 nitrogen and oxygen atoms in total. The number of piperidine rings is 1. The third-order valence-electron chi connectivity index (χ3n) is 7.94. The van der Waals surface area contributed by atoms with Crippen molar-refractivity contribution in [1.82, 2.24) is 10.3 Å². The fourth-order valence-corrected chi connectivity index (χ4v) is 5.68. The minimum Gasteiger partial charge on any atom is -0.496 e. The molecule has 5 rings (SSSR count). The van der Waals surface area contributed by atoms with Gasteiger partial charge < -0.3 is 19.9 Å². The van der Waals surface area contributed by atoms with Gasteiger partial charge in [-0.05, 0) is 66.5 Å². The number of nitrogens with one attached hydrogen (secondary N) is 1. The lowest BCUT2D eigenvalue weighted by Crippen LogP contribution is -2.50. The summed E-state index contributed by atoms with van der Waals surface area (Å²) < 4.78 is 5.61. The first-order valence-electron chi connectivity index (χ1n) is 13.7. The second kappa shape index (κ2) is 11.4. The zero-order chi connectivity index (χ0) is 27.4. The van der Waals surface area contributed by atoms with E-state index in [4.69, 9.17) is 9.72 Å². The highest BCUT2D eigenvalue weighted by molar-refractivity contribution is 5.96. The van der Waals surface area contributed by atoms with Crippen LogP contribution in [0.5, 0.6) is 5.75 Å². The number of hydrogen-bond donors (Lipinski definition) is 1. The van der Waals surface area contributed by atoms with Gasteiger partial charge in [0.05, 0.1) is 12.5 Å². The highest BCUT2D eigenvalue weighted by atomic mass is 16.5. The topological polar surface area (TPSA) is 57.7 Å². The van der Waals surface area contributed by atoms with Crippen LogP contribution in [0, 0.1) is 12.3 Å². The molecule has 0 spiro atoms. The van der Waals surface area contributed by atoms with E-state index in [1.165, 1.54) is 5.56 Å². The van der Waals surface area contributed by atoms with Gasteiger partial charge in [-0.25, -0.2) is 4.98 Å². The zero-order valence-electron chi connectivity index (χ0n) is 23.4. The molecule has 1 N–H and O–H groups in total. The first-order chi connectivity index (χ1) is 18.9. The van der Waals surface area contributed by atoms with E-state index in [2.05, 4.69) is 76.6 Å². The second-order valence-corrected chi connectivity index (χ2v) is 10.8. The smallest absolute Gasteiger partial charge is 0.226 e. The van der Waals surface area contributed by atoms with Crippen molar-refractivity contribution in [1.29, 1.82) is 0 Å². The minimum atomic E-state index is -0.464. The van der Waals surface area contributed by atoms with Gasteiger partial charge in [-0.15, -0.1) is 0 Å². The number of carbonyl (C=O) groups excluding carboxylic acids is 1. The van der Waals surface area contributed by atoms with Crippen molar-refractivity contribution in [3.63, 3.8) is 0 Å². The molecule has 1 fully saturated rings. The van der Waals surface area contributed by atoms with Gasteiger partial charge in [0, 0.05) is 39.1 Å². The molecule has 1 aliphatic rings. The third-order valence-corrected chi connectivity index (χ3v) is 7.94. The molecular weight excluding hydrogens is 484 g/mol. The van der Waals surface area contributed by atoms with Crippen LogP contribution in [0.3, 0.4) is 0 Å². The van der Waals surface area contributed by atoms with Crippen molar-refractivity contribution >= 4 is 28.3 Å². The molecule has 202 valence electrons. The van der Waals surface area contributed by atoms with Crippen molar-refractivity contribution in [2.45, 2.75) is 32.7 Å². The molecule has 4 aromatic rings. The number of fused-ring (bicyclic) bond motifs is 1. The second-order valence-electron chi connectivity index (χ2n) is 10.8. The number of ether oxygens (including phenoxy) is 1. The summed E-state index contributed by atoms with van der Waals surface area (Å²) in [6.45, 7) is 4.13. The van der Waals surface area contributed by atoms with Crippen molar-refractivity contribution in [3.8, 4) is 5.75 Å². The van der Waals surface area contributed by atoms with E-state index >= 15 is 0 Å². The van der Waals surface area contributed by atoms with E-state index in [1.807, 2.05) is 38.4 Å². The summed E-state index contributed by atoms with van der Waals surface area (Å²) in [5, 5.41) is 5.47. The van der Waals surface area contributed by atoms with Crippen LogP contribution in [-0.4, -0.2) is 45.2 Å². The summed E-state index contributed by atoms with van der Waals surface area (Å²) >= 11 is 0. The van der Waals surface area contributed by atoms with E-state index in [-0.39, 0.29) is 5.91 Å². The largest absolute Gasteiger partial charge is 0.496 e. The van der Waals surface area contributed by atoms with Crippen LogP contribution in [0.25, 0.3) is 10.8 Å². The molecule has 1 amide bonds. The Balaban J connectivity index is 1.41. The van der Waals surface area contributed by atoms with Gasteiger partial charge in [0.2, 0.25) is 5.91 Å². The molecule has 1 aliphatic heterocycles. The number of carbonyl (C=O) groups is 1. The number of benzene rings is 3. The van der Waals surface area contributed by atoms with Gasteiger partial charge in [-0.2, -0.15) is 0 Å². The Labute approximate surface area is 231 Å². The molecule has 0 atom stereocenters. The van der Waals surface area contributed by atoms with Crippen molar-refractivity contribution < 1.29 is 9.53 Å². The molecular formula is C33H38N4O2. The maximum absolute atomic E-state index is 13.8. The van der Waals surface area contributed by atoms with Crippen LogP contribution in [0.15, 0.2) is 78.9 Å². The summed E-state index contributed by atoms with van der Waals surface area (Å²) in [7, 11) is 5.77. The van der Waals surface area contributed by atoms with E-state index in [9.17, 15) is 4.79 Å². The first-order valence-corrected chi connectivity index (χ1v) is 13.7. The highest BCUT2D eigenvalue weighted by Gasteiger charge is 2.41. The van der Waals surface area contributed by atoms with E-state index in [1.54, 1.807) is 7.11 Å². The van der Waals surface area contributed by atoms with E-state index < -0.39 is 5.41 Å². The van der Waals surface area contributed by atoms with Crippen molar-refractivity contribution in [2.75, 3.05) is 44.1 Å². The number of methoxy groups -OCH3 is 1. The number of rotatable bonds is 8. The monoisotopic (exact) mass is 522 g/mol. The summed E-state index contributed by atoms with van der Waals surface area (Å²) in [6.07, 6.45) is 2.25. The van der Waals surface area contributed by atoms with Crippen LogP contribution in [0.4, 0.5) is 11.6 Å². The van der Waals surface area contributed by atoms with Gasteiger partial charge >= 0.3 is 0 Å². The Hall–Kier alpha value is -4.06. The quantitative estimate of drug-likeness (QED) is 0.319. The molecule has 0 unspecified atom stereocenters. The lowest BCUT2D eigenvalue weighted by Gasteiger charge is -2.41. The fourth-order valence-electron chi connectivity index (χ4n) is 5.68. The summed E-state index contributed by atoms with van der Waals surface area (Å²) in [4.78, 5) is 23.3. The lowest BCUT2D eigenvalue weighted by molar-refractivity contribution is -0.132. The number of nitrogens with zero attached hydrogens (tertiary/aromatic N) is 3. The molecule has 6 heteroatoms. The minimum absolute atomic E-state index is 0.135. The average molecular weight is 523 g/mol. The zero-order valence-corrected chi connectivity index (χ0v) is 23.4. The molecule has 0 aliphatic carbocycles. The predicted molar refractivity (Wildman–Crippen MR) is 160 cm³/mol.